The van der Waals surface area contributed by atoms with Crippen molar-refractivity contribution in [2.24, 2.45) is 17.8 Å². The first-order valence-electron chi connectivity index (χ1n) is 22.8. The number of esters is 1. The molecule has 5 heterocycles. The maximum Gasteiger partial charge on any atom is 0.343 e. The van der Waals surface area contributed by atoms with Gasteiger partial charge in [0.05, 0.1) is 35.1 Å². The van der Waals surface area contributed by atoms with Gasteiger partial charge in [-0.05, 0) is 80.5 Å². The first kappa shape index (κ1) is 48.1. The molecule has 3 aliphatic heterocycles. The molecule has 0 bridgehead atoms. The standard InChI is InChI=1S/C48H62FN5O10/c1-8-30-32-23-54-37(21-34-33(46(54)60)24-64-47(61)48(34,62)9-2)43(32)51-36-22-35(49)29(7)31(41(30)36)15-12-14-18-63-25-50-44(58)27(5)19-38(55)42(26(3)4)52-39(56)16-11-10-13-17-53-40(57)20-28(6)45(53)59/h21-22,26-28,42,62H,8-20,23-25H2,1-7H3,(H,50,58)(H,52,56)/t27-,28?,42+,48+/m1/s1. The summed E-state index contributed by atoms with van der Waals surface area (Å²) in [6.45, 7) is 13.1. The molecule has 1 saturated heterocycles. The molecule has 4 atom stereocenters. The van der Waals surface area contributed by atoms with Gasteiger partial charge in [0.2, 0.25) is 23.6 Å². The lowest BCUT2D eigenvalue weighted by atomic mass is 9.86. The summed E-state index contributed by atoms with van der Waals surface area (Å²) in [6, 6.07) is 2.33. The molecule has 6 rings (SSSR count). The van der Waals surface area contributed by atoms with Crippen LogP contribution in [-0.2, 0) is 69.8 Å². The van der Waals surface area contributed by atoms with Crippen molar-refractivity contribution in [1.29, 1.82) is 0 Å². The van der Waals surface area contributed by atoms with Gasteiger partial charge in [0.15, 0.2) is 11.4 Å². The highest BCUT2D eigenvalue weighted by molar-refractivity contribution is 6.03. The first-order chi connectivity index (χ1) is 30.4. The number of likely N-dealkylation sites (tertiary alicyclic amines) is 1. The number of rotatable bonds is 21. The molecule has 0 radical (unpaired) electrons. The van der Waals surface area contributed by atoms with Crippen molar-refractivity contribution in [1.82, 2.24) is 25.1 Å². The number of halogens is 1. The van der Waals surface area contributed by atoms with Crippen molar-refractivity contribution in [3.63, 3.8) is 0 Å². The van der Waals surface area contributed by atoms with E-state index in [-0.39, 0.29) is 103 Å². The smallest absolute Gasteiger partial charge is 0.343 e. The minimum absolute atomic E-state index is 0.0264. The highest BCUT2D eigenvalue weighted by Gasteiger charge is 2.45. The van der Waals surface area contributed by atoms with Crippen LogP contribution in [-0.4, -0.2) is 80.9 Å². The lowest BCUT2D eigenvalue weighted by Crippen LogP contribution is -2.45. The number of hydrogen-bond donors (Lipinski definition) is 3. The zero-order valence-corrected chi connectivity index (χ0v) is 38.1. The third kappa shape index (κ3) is 9.68. The largest absolute Gasteiger partial charge is 0.458 e. The summed E-state index contributed by atoms with van der Waals surface area (Å²) in [5.41, 5.74) is 2.75. The second kappa shape index (κ2) is 20.2. The molecule has 15 nitrogen and oxygen atoms in total. The van der Waals surface area contributed by atoms with E-state index in [1.807, 2.05) is 20.8 Å². The van der Waals surface area contributed by atoms with E-state index in [9.17, 15) is 38.7 Å². The van der Waals surface area contributed by atoms with Crippen LogP contribution in [0.1, 0.15) is 133 Å². The number of ether oxygens (including phenoxy) is 2. The Hall–Kier alpha value is -5.35. The number of amides is 4. The van der Waals surface area contributed by atoms with E-state index in [0.717, 1.165) is 22.1 Å². The van der Waals surface area contributed by atoms with Crippen molar-refractivity contribution in [3.05, 3.63) is 61.7 Å². The van der Waals surface area contributed by atoms with E-state index in [1.54, 1.807) is 38.3 Å². The quantitative estimate of drug-likeness (QED) is 0.0430. The number of nitrogens with zero attached hydrogens (tertiary/aromatic N) is 3. The number of fused-ring (bicyclic) bond motifs is 5. The monoisotopic (exact) mass is 887 g/mol. The predicted octanol–water partition coefficient (Wildman–Crippen LogP) is 5.19. The number of pyridine rings is 2. The van der Waals surface area contributed by atoms with Crippen LogP contribution in [0.5, 0.6) is 0 Å². The Kier molecular flexibility index (Phi) is 15.2. The number of Topliss-reactive ketones (excluding diaryl/α,β-unsaturated/α-hetero) is 1. The SMILES string of the molecule is CCc1c2c(nc3cc(F)c(C)c(CCCCOCNC(=O)[C@H](C)CC(=O)[C@@H](NC(=O)CCCCCN4C(=O)CC(C)C4=O)C(C)C)c13)-c1cc3c(c(=O)n1C2)COC(=O)[C@]3(O)CC. The Morgan fingerprint density at radius 1 is 1.03 bits per heavy atom. The normalized spacial score (nSPS) is 18.8. The average Bonchev–Trinajstić information content (AvgIpc) is 3.74. The fraction of sp³-hybridized carbons (Fsp3) is 0.583. The van der Waals surface area contributed by atoms with Gasteiger partial charge in [-0.3, -0.25) is 33.7 Å². The van der Waals surface area contributed by atoms with Gasteiger partial charge >= 0.3 is 5.97 Å². The predicted molar refractivity (Wildman–Crippen MR) is 235 cm³/mol. The molecule has 2 aromatic heterocycles. The van der Waals surface area contributed by atoms with Crippen molar-refractivity contribution >= 4 is 46.3 Å². The fourth-order valence-electron chi connectivity index (χ4n) is 9.27. The maximum absolute atomic E-state index is 15.5. The van der Waals surface area contributed by atoms with Crippen LogP contribution in [0.15, 0.2) is 16.9 Å². The highest BCUT2D eigenvalue weighted by Crippen LogP contribution is 2.42. The van der Waals surface area contributed by atoms with Crippen molar-refractivity contribution in [2.75, 3.05) is 19.9 Å². The van der Waals surface area contributed by atoms with Gasteiger partial charge in [0, 0.05) is 66.8 Å². The second-order valence-electron chi connectivity index (χ2n) is 17.9. The van der Waals surface area contributed by atoms with Gasteiger partial charge < -0.3 is 29.8 Å². The van der Waals surface area contributed by atoms with Gasteiger partial charge in [-0.15, -0.1) is 0 Å². The zero-order chi connectivity index (χ0) is 46.6. The Morgan fingerprint density at radius 3 is 2.45 bits per heavy atom. The molecule has 3 aromatic rings. The third-order valence-corrected chi connectivity index (χ3v) is 13.1. The van der Waals surface area contributed by atoms with E-state index < -0.39 is 29.3 Å². The molecule has 3 aliphatic rings. The van der Waals surface area contributed by atoms with Crippen LogP contribution in [0.25, 0.3) is 22.3 Å². The van der Waals surface area contributed by atoms with Crippen LogP contribution >= 0.6 is 0 Å². The van der Waals surface area contributed by atoms with Gasteiger partial charge in [0.25, 0.3) is 5.56 Å². The Morgan fingerprint density at radius 2 is 1.78 bits per heavy atom. The number of nitrogens with one attached hydrogen (secondary N) is 2. The van der Waals surface area contributed by atoms with Gasteiger partial charge in [-0.25, -0.2) is 14.2 Å². The molecule has 0 aliphatic carbocycles. The number of cyclic esters (lactones) is 1. The zero-order valence-electron chi connectivity index (χ0n) is 38.1. The molecule has 3 N–H and O–H groups in total. The highest BCUT2D eigenvalue weighted by atomic mass is 19.1. The van der Waals surface area contributed by atoms with E-state index in [4.69, 9.17) is 14.5 Å². The molecule has 64 heavy (non-hydrogen) atoms. The van der Waals surface area contributed by atoms with Crippen molar-refractivity contribution < 1.29 is 47.7 Å². The fourth-order valence-corrected chi connectivity index (χ4v) is 9.27. The molecule has 0 spiro atoms. The van der Waals surface area contributed by atoms with E-state index in [0.29, 0.717) is 80.6 Å². The van der Waals surface area contributed by atoms with E-state index in [2.05, 4.69) is 10.6 Å². The van der Waals surface area contributed by atoms with Gasteiger partial charge in [0.1, 0.15) is 19.2 Å². The molecule has 0 saturated carbocycles. The van der Waals surface area contributed by atoms with Crippen LogP contribution in [0.2, 0.25) is 0 Å². The Bertz CT molecular complexity index is 2410. The topological polar surface area (TPSA) is 203 Å². The lowest BCUT2D eigenvalue weighted by Gasteiger charge is -2.31. The average molecular weight is 888 g/mol. The summed E-state index contributed by atoms with van der Waals surface area (Å²) in [5, 5.41) is 17.7. The summed E-state index contributed by atoms with van der Waals surface area (Å²) in [6.07, 6.45) is 4.60. The molecule has 1 fully saturated rings. The number of unbranched alkanes of at least 4 members (excludes halogenated alkanes) is 3. The number of aromatic nitrogens is 2. The second-order valence-corrected chi connectivity index (χ2v) is 17.9. The van der Waals surface area contributed by atoms with Crippen LogP contribution in [0.3, 0.4) is 0 Å². The molecular weight excluding hydrogens is 826 g/mol. The number of carbonyl (C=O) groups excluding carboxylic acids is 6. The number of hydrogen-bond acceptors (Lipinski definition) is 11. The van der Waals surface area contributed by atoms with E-state index >= 15 is 4.39 Å². The molecule has 1 unspecified atom stereocenters. The Balaban J connectivity index is 0.978. The first-order valence-corrected chi connectivity index (χ1v) is 22.8. The summed E-state index contributed by atoms with van der Waals surface area (Å²) in [7, 11) is 0. The number of benzene rings is 1. The van der Waals surface area contributed by atoms with Crippen LogP contribution < -0.4 is 16.2 Å². The minimum Gasteiger partial charge on any atom is -0.458 e. The van der Waals surface area contributed by atoms with E-state index in [1.165, 1.54) is 11.0 Å². The number of carbonyl (C=O) groups is 6. The van der Waals surface area contributed by atoms with Gasteiger partial charge in [-0.1, -0.05) is 48.0 Å². The molecule has 1 aromatic carbocycles. The molecule has 16 heteroatoms. The number of aliphatic hydroxyl groups is 1. The van der Waals surface area contributed by atoms with Crippen LogP contribution in [0, 0.1) is 30.5 Å². The number of aryl methyl sites for hydroxylation is 2. The Labute approximate surface area is 372 Å². The third-order valence-electron chi connectivity index (χ3n) is 13.1. The van der Waals surface area contributed by atoms with Crippen LogP contribution in [0.4, 0.5) is 4.39 Å². The summed E-state index contributed by atoms with van der Waals surface area (Å²) >= 11 is 0. The summed E-state index contributed by atoms with van der Waals surface area (Å²) in [4.78, 5) is 95.6. The molecule has 4 amide bonds. The maximum atomic E-state index is 15.5. The number of ketones is 1. The summed E-state index contributed by atoms with van der Waals surface area (Å²) in [5.74, 6) is -3.49. The molecule has 346 valence electrons. The van der Waals surface area contributed by atoms with Crippen molar-refractivity contribution in [2.45, 2.75) is 144 Å². The van der Waals surface area contributed by atoms with Gasteiger partial charge in [-0.2, -0.15) is 0 Å². The minimum atomic E-state index is -1.95. The lowest BCUT2D eigenvalue weighted by molar-refractivity contribution is -0.172. The summed E-state index contributed by atoms with van der Waals surface area (Å²) < 4.78 is 28.1. The molecular formula is C48H62FN5O10. The number of imide groups is 1. The van der Waals surface area contributed by atoms with Crippen molar-refractivity contribution in [3.8, 4) is 11.4 Å².